The van der Waals surface area contributed by atoms with Gasteiger partial charge in [-0.15, -0.1) is 11.3 Å². The zero-order valence-electron chi connectivity index (χ0n) is 29.3. The van der Waals surface area contributed by atoms with E-state index in [0.29, 0.717) is 30.3 Å². The fourth-order valence-corrected chi connectivity index (χ4v) is 6.96. The van der Waals surface area contributed by atoms with Crippen LogP contribution in [0.4, 0.5) is 4.39 Å². The molecule has 3 heterocycles. The third kappa shape index (κ3) is 8.68. The molecule has 51 heavy (non-hydrogen) atoms. The number of aromatic nitrogens is 1. The molecule has 3 fully saturated rings. The lowest BCUT2D eigenvalue weighted by atomic mass is 9.85. The van der Waals surface area contributed by atoms with Gasteiger partial charge in [-0.2, -0.15) is 0 Å². The molecule has 2 saturated heterocycles. The molecule has 0 unspecified atom stereocenters. The summed E-state index contributed by atoms with van der Waals surface area (Å²) in [6.07, 6.45) is -1.04. The molecule has 0 bridgehead atoms. The molecule has 0 radical (unpaired) electrons. The lowest BCUT2D eigenvalue weighted by molar-refractivity contribution is -0.145. The first-order chi connectivity index (χ1) is 24.3. The molecule has 12 nitrogen and oxygen atoms in total. The van der Waals surface area contributed by atoms with Crippen LogP contribution in [-0.2, 0) is 30.4 Å². The number of alkyl halides is 1. The third-order valence-corrected chi connectivity index (χ3v) is 10.2. The summed E-state index contributed by atoms with van der Waals surface area (Å²) in [5, 5.41) is 16.0. The summed E-state index contributed by atoms with van der Waals surface area (Å²) in [4.78, 5) is 46.7. The van der Waals surface area contributed by atoms with Crippen LogP contribution in [0.15, 0.2) is 48.0 Å². The van der Waals surface area contributed by atoms with Crippen molar-refractivity contribution in [2.24, 2.45) is 5.41 Å². The quantitative estimate of drug-likeness (QED) is 0.220. The van der Waals surface area contributed by atoms with Gasteiger partial charge in [0.25, 0.3) is 5.91 Å². The highest BCUT2D eigenvalue weighted by Gasteiger charge is 2.53. The minimum Gasteiger partial charge on any atom is -0.490 e. The third-order valence-electron chi connectivity index (χ3n) is 9.26. The summed E-state index contributed by atoms with van der Waals surface area (Å²) in [6, 6.07) is 11.2. The SMILES string of the molecule is Cc1ncsc1-c1ccc(CNC(=O)[C@@H]2C[C@H](O)CN2C(=O)[C@@H](NC(=O)C2(F)CC2)C(C)(C)C)c(OCCOc2ccc(C3OCCO3)cc2)c1. The minimum absolute atomic E-state index is 0.0292. The van der Waals surface area contributed by atoms with E-state index in [1.54, 1.807) is 26.3 Å². The van der Waals surface area contributed by atoms with Crippen molar-refractivity contribution in [2.45, 2.75) is 83.6 Å². The second kappa shape index (κ2) is 15.2. The fraction of sp³-hybridized carbons (Fsp3) is 0.514. The number of likely N-dealkylation sites (tertiary alicyclic amines) is 1. The Kier molecular flexibility index (Phi) is 11.0. The predicted octanol–water partition coefficient (Wildman–Crippen LogP) is 4.23. The van der Waals surface area contributed by atoms with Crippen LogP contribution in [0.3, 0.4) is 0 Å². The van der Waals surface area contributed by atoms with E-state index >= 15 is 0 Å². The molecule has 3 aliphatic rings. The van der Waals surface area contributed by atoms with Crippen molar-refractivity contribution < 1.29 is 42.8 Å². The van der Waals surface area contributed by atoms with E-state index in [2.05, 4.69) is 15.6 Å². The van der Waals surface area contributed by atoms with Gasteiger partial charge in [-0.3, -0.25) is 14.4 Å². The van der Waals surface area contributed by atoms with Gasteiger partial charge in [0.15, 0.2) is 12.0 Å². The van der Waals surface area contributed by atoms with Crippen LogP contribution < -0.4 is 20.1 Å². The molecule has 3 atom stereocenters. The number of hydrogen-bond acceptors (Lipinski definition) is 10. The number of benzene rings is 2. The van der Waals surface area contributed by atoms with E-state index in [1.165, 1.54) is 16.2 Å². The van der Waals surface area contributed by atoms with E-state index in [1.807, 2.05) is 49.4 Å². The van der Waals surface area contributed by atoms with E-state index in [4.69, 9.17) is 18.9 Å². The van der Waals surface area contributed by atoms with Crippen LogP contribution in [0.1, 0.15) is 63.1 Å². The number of carbonyl (C=O) groups is 3. The Bertz CT molecular complexity index is 1720. The van der Waals surface area contributed by atoms with E-state index in [9.17, 15) is 23.9 Å². The predicted molar refractivity (Wildman–Crippen MR) is 187 cm³/mol. The second-order valence-corrected chi connectivity index (χ2v) is 15.1. The number of β-amino-alcohol motifs (C(OH)–C–C–N with tert-alkyl or cyclic N) is 1. The van der Waals surface area contributed by atoms with E-state index in [0.717, 1.165) is 21.7 Å². The molecule has 3 amide bonds. The summed E-state index contributed by atoms with van der Waals surface area (Å²) in [6.45, 7) is 8.84. The van der Waals surface area contributed by atoms with E-state index in [-0.39, 0.29) is 51.9 Å². The first kappa shape index (κ1) is 36.7. The molecule has 2 aliphatic heterocycles. The molecule has 1 saturated carbocycles. The topological polar surface area (TPSA) is 149 Å². The maximum absolute atomic E-state index is 14.5. The van der Waals surface area contributed by atoms with Gasteiger partial charge >= 0.3 is 0 Å². The number of carbonyl (C=O) groups excluding carboxylic acids is 3. The zero-order chi connectivity index (χ0) is 36.3. The molecule has 1 aliphatic carbocycles. The minimum atomic E-state index is -1.96. The Morgan fingerprint density at radius 3 is 2.45 bits per heavy atom. The van der Waals surface area contributed by atoms with Gasteiger partial charge in [0.1, 0.15) is 36.8 Å². The first-order valence-electron chi connectivity index (χ1n) is 17.2. The maximum atomic E-state index is 14.5. The van der Waals surface area contributed by atoms with Crippen molar-refractivity contribution in [3.05, 3.63) is 64.8 Å². The molecule has 0 spiro atoms. The molecular weight excluding hydrogens is 679 g/mol. The fourth-order valence-electron chi connectivity index (χ4n) is 6.16. The Labute approximate surface area is 300 Å². The summed E-state index contributed by atoms with van der Waals surface area (Å²) in [5.41, 5.74) is 2.47. The Balaban J connectivity index is 1.11. The van der Waals surface area contributed by atoms with Crippen molar-refractivity contribution in [2.75, 3.05) is 33.0 Å². The smallest absolute Gasteiger partial charge is 0.258 e. The maximum Gasteiger partial charge on any atom is 0.258 e. The lowest BCUT2D eigenvalue weighted by Crippen LogP contribution is -2.59. The van der Waals surface area contributed by atoms with Gasteiger partial charge < -0.3 is 39.6 Å². The monoisotopic (exact) mass is 724 g/mol. The number of aliphatic hydroxyl groups excluding tert-OH is 1. The van der Waals surface area contributed by atoms with Gasteiger partial charge in [0.05, 0.1) is 35.4 Å². The Morgan fingerprint density at radius 1 is 1.10 bits per heavy atom. The van der Waals surface area contributed by atoms with Crippen LogP contribution in [0.2, 0.25) is 0 Å². The summed E-state index contributed by atoms with van der Waals surface area (Å²) >= 11 is 1.52. The zero-order valence-corrected chi connectivity index (χ0v) is 30.1. The first-order valence-corrected chi connectivity index (χ1v) is 18.1. The van der Waals surface area contributed by atoms with Crippen LogP contribution >= 0.6 is 11.3 Å². The highest BCUT2D eigenvalue weighted by Crippen LogP contribution is 2.40. The van der Waals surface area contributed by atoms with Gasteiger partial charge in [-0.1, -0.05) is 45.0 Å². The number of aliphatic hydroxyl groups is 1. The number of nitrogens with zero attached hydrogens (tertiary/aromatic N) is 2. The summed E-state index contributed by atoms with van der Waals surface area (Å²) in [7, 11) is 0. The lowest BCUT2D eigenvalue weighted by Gasteiger charge is -2.35. The van der Waals surface area contributed by atoms with Crippen molar-refractivity contribution in [1.29, 1.82) is 0 Å². The van der Waals surface area contributed by atoms with Crippen molar-refractivity contribution in [3.8, 4) is 21.9 Å². The number of rotatable bonds is 13. The molecule has 3 N–H and O–H groups in total. The van der Waals surface area contributed by atoms with Crippen LogP contribution in [0.5, 0.6) is 11.5 Å². The number of hydrogen-bond donors (Lipinski definition) is 3. The highest BCUT2D eigenvalue weighted by molar-refractivity contribution is 7.13. The Hall–Kier alpha value is -4.11. The number of aryl methyl sites for hydroxylation is 1. The van der Waals surface area contributed by atoms with Crippen LogP contribution in [-0.4, -0.2) is 89.5 Å². The molecule has 1 aromatic heterocycles. The largest absolute Gasteiger partial charge is 0.490 e. The van der Waals surface area contributed by atoms with Crippen molar-refractivity contribution in [1.82, 2.24) is 20.5 Å². The van der Waals surface area contributed by atoms with Gasteiger partial charge in [-0.25, -0.2) is 9.37 Å². The molecule has 2 aromatic carbocycles. The molecule has 3 aromatic rings. The van der Waals surface area contributed by atoms with Gasteiger partial charge in [-0.05, 0) is 48.9 Å². The molecule has 14 heteroatoms. The average Bonchev–Trinajstić information content (AvgIpc) is 3.48. The van der Waals surface area contributed by atoms with Crippen molar-refractivity contribution in [3.63, 3.8) is 0 Å². The molecular formula is C37H45FN4O8S. The molecule has 6 rings (SSSR count). The number of halogens is 1. The van der Waals surface area contributed by atoms with Gasteiger partial charge in [0, 0.05) is 30.6 Å². The summed E-state index contributed by atoms with van der Waals surface area (Å²) < 4.78 is 37.7. The number of ether oxygens (including phenoxy) is 4. The number of thiazole rings is 1. The van der Waals surface area contributed by atoms with Crippen LogP contribution in [0, 0.1) is 12.3 Å². The standard InChI is InChI=1S/C37H45FN4O8S/c1-22-30(51-21-40-22)24-5-6-25(29(17-24)48-14-13-47-27-9-7-23(8-10-27)34-49-15-16-50-34)19-39-32(44)28-18-26(43)20-42(28)33(45)31(36(2,3)4)41-35(46)37(38)11-12-37/h5-10,17,21,26,28,31,34,43H,11-16,18-20H2,1-4H3,(H,39,44)(H,41,46)/t26-,28-,31+/m0/s1. The second-order valence-electron chi connectivity index (χ2n) is 14.3. The van der Waals surface area contributed by atoms with Crippen molar-refractivity contribution >= 4 is 29.1 Å². The van der Waals surface area contributed by atoms with E-state index < -0.39 is 47.0 Å². The summed E-state index contributed by atoms with van der Waals surface area (Å²) in [5.74, 6) is -0.611. The normalized spacial score (nSPS) is 20.5. The highest BCUT2D eigenvalue weighted by atomic mass is 32.1. The van der Waals surface area contributed by atoms with Gasteiger partial charge in [0.2, 0.25) is 11.8 Å². The molecule has 274 valence electrons. The number of nitrogens with one attached hydrogen (secondary N) is 2. The van der Waals surface area contributed by atoms with Crippen LogP contribution in [0.25, 0.3) is 10.4 Å². The Morgan fingerprint density at radius 2 is 1.80 bits per heavy atom. The number of amides is 3. The average molecular weight is 725 g/mol.